The molecule has 0 aliphatic carbocycles. The summed E-state index contributed by atoms with van der Waals surface area (Å²) in [6.07, 6.45) is 3.41. The van der Waals surface area contributed by atoms with Crippen molar-refractivity contribution in [3.63, 3.8) is 0 Å². The third kappa shape index (κ3) is 3.29. The predicted molar refractivity (Wildman–Crippen MR) is 81.1 cm³/mol. The summed E-state index contributed by atoms with van der Waals surface area (Å²) in [5.41, 5.74) is 2.14. The van der Waals surface area contributed by atoms with Crippen LogP contribution in [0, 0.1) is 6.92 Å². The SMILES string of the molecule is CCNc1nc(C(C)C)nc(NCc2ccoc2)c1C. The number of nitrogens with zero attached hydrogens (tertiary/aromatic N) is 2. The molecule has 2 heterocycles. The molecule has 2 aromatic heterocycles. The van der Waals surface area contributed by atoms with Crippen molar-refractivity contribution >= 4 is 11.6 Å². The Hall–Kier alpha value is -2.04. The quantitative estimate of drug-likeness (QED) is 0.843. The molecule has 0 fully saturated rings. The Kier molecular flexibility index (Phi) is 4.61. The van der Waals surface area contributed by atoms with Crippen molar-refractivity contribution in [1.29, 1.82) is 0 Å². The van der Waals surface area contributed by atoms with Crippen LogP contribution in [-0.4, -0.2) is 16.5 Å². The summed E-state index contributed by atoms with van der Waals surface area (Å²) in [5.74, 6) is 2.92. The average molecular weight is 274 g/mol. The second kappa shape index (κ2) is 6.41. The molecule has 0 unspecified atom stereocenters. The highest BCUT2D eigenvalue weighted by atomic mass is 16.3. The standard InChI is InChI=1S/C15H22N4O/c1-5-16-14-11(4)15(19-13(18-14)10(2)3)17-8-12-6-7-20-9-12/h6-7,9-10H,5,8H2,1-4H3,(H2,16,17,18,19). The first kappa shape index (κ1) is 14.4. The van der Waals surface area contributed by atoms with Crippen LogP contribution in [0.2, 0.25) is 0 Å². The van der Waals surface area contributed by atoms with Crippen LogP contribution in [0.25, 0.3) is 0 Å². The van der Waals surface area contributed by atoms with E-state index in [1.807, 2.05) is 13.0 Å². The van der Waals surface area contributed by atoms with Crippen LogP contribution in [0.5, 0.6) is 0 Å². The van der Waals surface area contributed by atoms with Gasteiger partial charge in [-0.15, -0.1) is 0 Å². The molecule has 0 atom stereocenters. The molecule has 0 aliphatic heterocycles. The monoisotopic (exact) mass is 274 g/mol. The van der Waals surface area contributed by atoms with Gasteiger partial charge in [0.25, 0.3) is 0 Å². The summed E-state index contributed by atoms with van der Waals surface area (Å²) in [4.78, 5) is 9.21. The fourth-order valence-electron chi connectivity index (χ4n) is 1.88. The number of hydrogen-bond donors (Lipinski definition) is 2. The van der Waals surface area contributed by atoms with Crippen LogP contribution < -0.4 is 10.6 Å². The molecule has 0 spiro atoms. The fourth-order valence-corrected chi connectivity index (χ4v) is 1.88. The van der Waals surface area contributed by atoms with E-state index < -0.39 is 0 Å². The van der Waals surface area contributed by atoms with Gasteiger partial charge in [0, 0.05) is 30.1 Å². The molecular formula is C15H22N4O. The van der Waals surface area contributed by atoms with Crippen LogP contribution in [-0.2, 0) is 6.54 Å². The third-order valence-corrected chi connectivity index (χ3v) is 3.06. The van der Waals surface area contributed by atoms with E-state index in [1.54, 1.807) is 12.5 Å². The van der Waals surface area contributed by atoms with Crippen molar-refractivity contribution in [3.05, 3.63) is 35.5 Å². The van der Waals surface area contributed by atoms with Gasteiger partial charge in [0.2, 0.25) is 0 Å². The van der Waals surface area contributed by atoms with E-state index in [4.69, 9.17) is 4.42 Å². The summed E-state index contributed by atoms with van der Waals surface area (Å²) in [7, 11) is 0. The molecule has 2 rings (SSSR count). The predicted octanol–water partition coefficient (Wildman–Crippen LogP) is 3.55. The largest absolute Gasteiger partial charge is 0.472 e. The lowest BCUT2D eigenvalue weighted by Gasteiger charge is -2.15. The van der Waals surface area contributed by atoms with Gasteiger partial charge in [-0.25, -0.2) is 9.97 Å². The van der Waals surface area contributed by atoms with Crippen molar-refractivity contribution < 1.29 is 4.42 Å². The van der Waals surface area contributed by atoms with E-state index in [-0.39, 0.29) is 0 Å². The van der Waals surface area contributed by atoms with Crippen LogP contribution in [0.15, 0.2) is 23.0 Å². The Balaban J connectivity index is 2.25. The molecule has 0 radical (unpaired) electrons. The number of furan rings is 1. The van der Waals surface area contributed by atoms with E-state index in [0.717, 1.165) is 35.1 Å². The molecule has 0 amide bonds. The first-order chi connectivity index (χ1) is 9.61. The molecule has 0 bridgehead atoms. The zero-order valence-electron chi connectivity index (χ0n) is 12.5. The summed E-state index contributed by atoms with van der Waals surface area (Å²) >= 11 is 0. The van der Waals surface area contributed by atoms with E-state index in [2.05, 4.69) is 41.4 Å². The van der Waals surface area contributed by atoms with Gasteiger partial charge in [0.1, 0.15) is 17.5 Å². The van der Waals surface area contributed by atoms with Crippen molar-refractivity contribution in [3.8, 4) is 0 Å². The molecule has 0 aliphatic rings. The van der Waals surface area contributed by atoms with Crippen LogP contribution in [0.1, 0.15) is 43.6 Å². The molecule has 108 valence electrons. The summed E-state index contributed by atoms with van der Waals surface area (Å²) < 4.78 is 5.07. The number of aromatic nitrogens is 2. The minimum Gasteiger partial charge on any atom is -0.472 e. The Morgan fingerprint density at radius 3 is 2.45 bits per heavy atom. The number of anilines is 2. The molecule has 20 heavy (non-hydrogen) atoms. The maximum Gasteiger partial charge on any atom is 0.135 e. The van der Waals surface area contributed by atoms with Gasteiger partial charge in [-0.05, 0) is 19.9 Å². The zero-order chi connectivity index (χ0) is 14.5. The minimum absolute atomic E-state index is 0.294. The maximum atomic E-state index is 5.07. The molecular weight excluding hydrogens is 252 g/mol. The molecule has 2 aromatic rings. The van der Waals surface area contributed by atoms with Gasteiger partial charge in [-0.3, -0.25) is 0 Å². The molecule has 5 nitrogen and oxygen atoms in total. The highest BCUT2D eigenvalue weighted by molar-refractivity contribution is 5.57. The van der Waals surface area contributed by atoms with Gasteiger partial charge in [0.05, 0.1) is 12.5 Å². The molecule has 2 N–H and O–H groups in total. The fraction of sp³-hybridized carbons (Fsp3) is 0.467. The number of hydrogen-bond acceptors (Lipinski definition) is 5. The summed E-state index contributed by atoms with van der Waals surface area (Å²) in [6.45, 7) is 9.82. The lowest BCUT2D eigenvalue weighted by atomic mass is 10.2. The van der Waals surface area contributed by atoms with E-state index >= 15 is 0 Å². The molecule has 0 aromatic carbocycles. The molecule has 5 heteroatoms. The number of rotatable bonds is 6. The van der Waals surface area contributed by atoms with Gasteiger partial charge in [-0.1, -0.05) is 13.8 Å². The lowest BCUT2D eigenvalue weighted by molar-refractivity contribution is 0.564. The third-order valence-electron chi connectivity index (χ3n) is 3.06. The summed E-state index contributed by atoms with van der Waals surface area (Å²) in [6, 6.07) is 1.94. The summed E-state index contributed by atoms with van der Waals surface area (Å²) in [5, 5.41) is 6.65. The smallest absolute Gasteiger partial charge is 0.135 e. The average Bonchev–Trinajstić information content (AvgIpc) is 2.92. The van der Waals surface area contributed by atoms with Crippen molar-refractivity contribution in [2.45, 2.75) is 40.2 Å². The normalized spacial score (nSPS) is 10.8. The van der Waals surface area contributed by atoms with Crippen LogP contribution in [0.3, 0.4) is 0 Å². The molecule has 0 saturated heterocycles. The second-order valence-corrected chi connectivity index (χ2v) is 5.07. The number of nitrogens with one attached hydrogen (secondary N) is 2. The van der Waals surface area contributed by atoms with Gasteiger partial charge in [-0.2, -0.15) is 0 Å². The van der Waals surface area contributed by atoms with E-state index in [0.29, 0.717) is 12.5 Å². The maximum absolute atomic E-state index is 5.07. The van der Waals surface area contributed by atoms with Crippen molar-refractivity contribution in [2.75, 3.05) is 17.2 Å². The van der Waals surface area contributed by atoms with Crippen LogP contribution >= 0.6 is 0 Å². The van der Waals surface area contributed by atoms with Gasteiger partial charge < -0.3 is 15.1 Å². The van der Waals surface area contributed by atoms with Crippen molar-refractivity contribution in [2.24, 2.45) is 0 Å². The van der Waals surface area contributed by atoms with Crippen LogP contribution in [0.4, 0.5) is 11.6 Å². The second-order valence-electron chi connectivity index (χ2n) is 5.07. The Morgan fingerprint density at radius 2 is 1.90 bits per heavy atom. The Morgan fingerprint density at radius 1 is 1.20 bits per heavy atom. The minimum atomic E-state index is 0.294. The zero-order valence-corrected chi connectivity index (χ0v) is 12.5. The highest BCUT2D eigenvalue weighted by Crippen LogP contribution is 2.23. The first-order valence-corrected chi connectivity index (χ1v) is 6.99. The van der Waals surface area contributed by atoms with E-state index in [9.17, 15) is 0 Å². The van der Waals surface area contributed by atoms with Gasteiger partial charge in [0.15, 0.2) is 0 Å². The molecule has 0 saturated carbocycles. The van der Waals surface area contributed by atoms with Crippen molar-refractivity contribution in [1.82, 2.24) is 9.97 Å². The highest BCUT2D eigenvalue weighted by Gasteiger charge is 2.12. The lowest BCUT2D eigenvalue weighted by Crippen LogP contribution is -2.11. The topological polar surface area (TPSA) is 63.0 Å². The van der Waals surface area contributed by atoms with E-state index in [1.165, 1.54) is 0 Å². The first-order valence-electron chi connectivity index (χ1n) is 6.99. The Bertz CT molecular complexity index is 549. The Labute approximate surface area is 119 Å². The van der Waals surface area contributed by atoms with Gasteiger partial charge >= 0.3 is 0 Å².